The van der Waals surface area contributed by atoms with Crippen LogP contribution in [0.15, 0.2) is 18.2 Å². The third kappa shape index (κ3) is 1.61. The SMILES string of the molecule is Nc1cc(N)cc(C(=O)O)c1.[HH].[HH]. The first-order valence-electron chi connectivity index (χ1n) is 2.99. The van der Waals surface area contributed by atoms with Gasteiger partial charge in [0.2, 0.25) is 0 Å². The lowest BCUT2D eigenvalue weighted by Crippen LogP contribution is -1.99. The van der Waals surface area contributed by atoms with Gasteiger partial charge in [-0.1, -0.05) is 0 Å². The Morgan fingerprint density at radius 2 is 1.73 bits per heavy atom. The average molecular weight is 156 g/mol. The Hall–Kier alpha value is -1.71. The molecular weight excluding hydrogens is 144 g/mol. The predicted molar refractivity (Wildman–Crippen MR) is 46.5 cm³/mol. The van der Waals surface area contributed by atoms with Gasteiger partial charge in [-0.25, -0.2) is 4.79 Å². The van der Waals surface area contributed by atoms with Crippen LogP contribution in [0.1, 0.15) is 13.2 Å². The Bertz CT molecular complexity index is 284. The van der Waals surface area contributed by atoms with Crippen LogP contribution in [0.5, 0.6) is 0 Å². The van der Waals surface area contributed by atoms with E-state index in [9.17, 15) is 4.79 Å². The van der Waals surface area contributed by atoms with E-state index < -0.39 is 5.97 Å². The van der Waals surface area contributed by atoms with Crippen LogP contribution in [0.2, 0.25) is 0 Å². The number of carboxylic acid groups (broad SMARTS) is 1. The van der Waals surface area contributed by atoms with E-state index in [0.717, 1.165) is 0 Å². The van der Waals surface area contributed by atoms with E-state index in [0.29, 0.717) is 11.4 Å². The topological polar surface area (TPSA) is 89.3 Å². The van der Waals surface area contributed by atoms with Crippen molar-refractivity contribution in [1.29, 1.82) is 0 Å². The molecule has 4 nitrogen and oxygen atoms in total. The molecule has 0 unspecified atom stereocenters. The molecule has 4 heteroatoms. The third-order valence-corrected chi connectivity index (χ3v) is 1.22. The fraction of sp³-hybridized carbons (Fsp3) is 0. The second-order valence-electron chi connectivity index (χ2n) is 2.19. The van der Waals surface area contributed by atoms with E-state index in [-0.39, 0.29) is 8.42 Å². The first kappa shape index (κ1) is 7.40. The van der Waals surface area contributed by atoms with E-state index in [4.69, 9.17) is 16.6 Å². The van der Waals surface area contributed by atoms with Crippen LogP contribution in [0, 0.1) is 0 Å². The summed E-state index contributed by atoms with van der Waals surface area (Å²) in [5.74, 6) is -1.02. The first-order chi connectivity index (χ1) is 5.09. The third-order valence-electron chi connectivity index (χ3n) is 1.22. The van der Waals surface area contributed by atoms with Crippen molar-refractivity contribution in [1.82, 2.24) is 0 Å². The van der Waals surface area contributed by atoms with Crippen LogP contribution in [0.4, 0.5) is 11.4 Å². The molecule has 0 heterocycles. The fourth-order valence-electron chi connectivity index (χ4n) is 0.800. The molecule has 5 N–H and O–H groups in total. The molecule has 0 atom stereocenters. The van der Waals surface area contributed by atoms with Gasteiger partial charge in [0.05, 0.1) is 5.56 Å². The maximum absolute atomic E-state index is 10.4. The molecule has 0 bridgehead atoms. The highest BCUT2D eigenvalue weighted by molar-refractivity contribution is 5.90. The molecule has 0 radical (unpaired) electrons. The van der Waals surface area contributed by atoms with Gasteiger partial charge in [-0.2, -0.15) is 0 Å². The zero-order valence-corrected chi connectivity index (χ0v) is 5.74. The second kappa shape index (κ2) is 2.49. The zero-order chi connectivity index (χ0) is 8.43. The van der Waals surface area contributed by atoms with Crippen molar-refractivity contribution in [2.75, 3.05) is 11.5 Å². The van der Waals surface area contributed by atoms with Crippen molar-refractivity contribution in [3.8, 4) is 0 Å². The molecule has 62 valence electrons. The van der Waals surface area contributed by atoms with Gasteiger partial charge in [0.25, 0.3) is 0 Å². The number of hydrogen-bond acceptors (Lipinski definition) is 3. The van der Waals surface area contributed by atoms with Gasteiger partial charge in [0.1, 0.15) is 0 Å². The summed E-state index contributed by atoms with van der Waals surface area (Å²) < 4.78 is 0. The van der Waals surface area contributed by atoms with Gasteiger partial charge < -0.3 is 16.6 Å². The summed E-state index contributed by atoms with van der Waals surface area (Å²) in [6.07, 6.45) is 0. The number of nitrogen functional groups attached to an aromatic ring is 2. The highest BCUT2D eigenvalue weighted by Crippen LogP contribution is 2.12. The Morgan fingerprint density at radius 1 is 1.27 bits per heavy atom. The van der Waals surface area contributed by atoms with Gasteiger partial charge in [-0.05, 0) is 18.2 Å². The number of benzene rings is 1. The summed E-state index contributed by atoms with van der Waals surface area (Å²) in [4.78, 5) is 10.4. The molecular formula is C7H12N2O2. The number of carboxylic acids is 1. The minimum atomic E-state index is -1.02. The Kier molecular flexibility index (Phi) is 1.68. The largest absolute Gasteiger partial charge is 0.478 e. The quantitative estimate of drug-likeness (QED) is 0.530. The molecule has 1 rings (SSSR count). The number of hydrogen-bond donors (Lipinski definition) is 3. The predicted octanol–water partition coefficient (Wildman–Crippen LogP) is 1.04. The van der Waals surface area contributed by atoms with Crippen LogP contribution in [0.3, 0.4) is 0 Å². The normalized spacial score (nSPS) is 9.45. The van der Waals surface area contributed by atoms with Crippen LogP contribution in [-0.2, 0) is 0 Å². The van der Waals surface area contributed by atoms with Crippen molar-refractivity contribution in [3.05, 3.63) is 23.8 Å². The molecule has 0 aliphatic carbocycles. The molecule has 1 aromatic rings. The minimum Gasteiger partial charge on any atom is -0.478 e. The van der Waals surface area contributed by atoms with Crippen molar-refractivity contribution >= 4 is 17.3 Å². The number of anilines is 2. The number of carbonyl (C=O) groups is 1. The van der Waals surface area contributed by atoms with Gasteiger partial charge in [0.15, 0.2) is 0 Å². The number of nitrogens with two attached hydrogens (primary N) is 2. The molecule has 1 aromatic carbocycles. The van der Waals surface area contributed by atoms with Crippen molar-refractivity contribution in [2.45, 2.75) is 0 Å². The van der Waals surface area contributed by atoms with E-state index >= 15 is 0 Å². The standard InChI is InChI=1S/C7H8N2O2.2H2/c8-5-1-4(7(10)11)2-6(9)3-5;;/h1-3H,8-9H2,(H,10,11);2*1H. The molecule has 0 spiro atoms. The summed E-state index contributed by atoms with van der Waals surface area (Å²) in [5, 5.41) is 8.52. The molecule has 0 saturated heterocycles. The zero-order valence-electron chi connectivity index (χ0n) is 5.74. The maximum Gasteiger partial charge on any atom is 0.335 e. The van der Waals surface area contributed by atoms with E-state index in [1.54, 1.807) is 0 Å². The van der Waals surface area contributed by atoms with E-state index in [1.807, 2.05) is 0 Å². The summed E-state index contributed by atoms with van der Waals surface area (Å²) in [5.41, 5.74) is 11.5. The van der Waals surface area contributed by atoms with Crippen molar-refractivity contribution in [2.24, 2.45) is 0 Å². The lowest BCUT2D eigenvalue weighted by Gasteiger charge is -1.98. The molecule has 0 aliphatic heterocycles. The second-order valence-corrected chi connectivity index (χ2v) is 2.19. The van der Waals surface area contributed by atoms with Crippen molar-refractivity contribution < 1.29 is 12.8 Å². The molecule has 0 fully saturated rings. The molecule has 0 amide bonds. The lowest BCUT2D eigenvalue weighted by molar-refractivity contribution is 0.0697. The van der Waals surface area contributed by atoms with Crippen LogP contribution in [-0.4, -0.2) is 11.1 Å². The summed E-state index contributed by atoms with van der Waals surface area (Å²) >= 11 is 0. The van der Waals surface area contributed by atoms with E-state index in [2.05, 4.69) is 0 Å². The average Bonchev–Trinajstić information content (AvgIpc) is 1.85. The smallest absolute Gasteiger partial charge is 0.335 e. The Labute approximate surface area is 66.4 Å². The van der Waals surface area contributed by atoms with Gasteiger partial charge >= 0.3 is 5.97 Å². The van der Waals surface area contributed by atoms with Crippen molar-refractivity contribution in [3.63, 3.8) is 0 Å². The Morgan fingerprint density at radius 3 is 2.09 bits per heavy atom. The first-order valence-corrected chi connectivity index (χ1v) is 2.99. The monoisotopic (exact) mass is 156 g/mol. The van der Waals surface area contributed by atoms with E-state index in [1.165, 1.54) is 18.2 Å². The maximum atomic E-state index is 10.4. The number of rotatable bonds is 1. The molecule has 0 aliphatic rings. The van der Waals surface area contributed by atoms with Gasteiger partial charge in [-0.3, -0.25) is 0 Å². The Balaban J connectivity index is 0. The highest BCUT2D eigenvalue weighted by Gasteiger charge is 2.02. The summed E-state index contributed by atoms with van der Waals surface area (Å²) in [7, 11) is 0. The fourth-order valence-corrected chi connectivity index (χ4v) is 0.800. The summed E-state index contributed by atoms with van der Waals surface area (Å²) in [6, 6.07) is 4.23. The molecule has 11 heavy (non-hydrogen) atoms. The van der Waals surface area contributed by atoms with Gasteiger partial charge in [0, 0.05) is 14.2 Å². The molecule has 0 aromatic heterocycles. The van der Waals surface area contributed by atoms with Crippen LogP contribution >= 0.6 is 0 Å². The summed E-state index contributed by atoms with van der Waals surface area (Å²) in [6.45, 7) is 0. The highest BCUT2D eigenvalue weighted by atomic mass is 16.4. The lowest BCUT2D eigenvalue weighted by atomic mass is 10.2. The minimum absolute atomic E-state index is 0. The van der Waals surface area contributed by atoms with Gasteiger partial charge in [-0.15, -0.1) is 0 Å². The van der Waals surface area contributed by atoms with Crippen LogP contribution in [0.25, 0.3) is 0 Å². The van der Waals surface area contributed by atoms with Crippen LogP contribution < -0.4 is 11.5 Å². The molecule has 0 saturated carbocycles. The number of aromatic carboxylic acids is 1.